The molecule has 0 radical (unpaired) electrons. The average molecular weight is 301 g/mol. The van der Waals surface area contributed by atoms with Crippen molar-refractivity contribution < 1.29 is 4.74 Å². The monoisotopic (exact) mass is 301 g/mol. The first-order chi connectivity index (χ1) is 11.4. The highest BCUT2D eigenvalue weighted by atomic mass is 16.5. The maximum absolute atomic E-state index is 5.32. The Bertz CT molecular complexity index is 961. The van der Waals surface area contributed by atoms with E-state index in [1.54, 1.807) is 7.11 Å². The van der Waals surface area contributed by atoms with Crippen molar-refractivity contribution in [2.24, 2.45) is 0 Å². The SMILES string of the molecule is COc1cccc(-c2ccnc3c(-c4ccccc4)cnn23)c1. The van der Waals surface area contributed by atoms with Gasteiger partial charge in [0, 0.05) is 17.3 Å². The van der Waals surface area contributed by atoms with Crippen LogP contribution in [0.5, 0.6) is 5.75 Å². The van der Waals surface area contributed by atoms with Crippen molar-refractivity contribution in [3.8, 4) is 28.1 Å². The van der Waals surface area contributed by atoms with E-state index >= 15 is 0 Å². The number of aromatic nitrogens is 3. The fourth-order valence-corrected chi connectivity index (χ4v) is 2.71. The van der Waals surface area contributed by atoms with E-state index in [4.69, 9.17) is 4.74 Å². The zero-order valence-corrected chi connectivity index (χ0v) is 12.7. The van der Waals surface area contributed by atoms with E-state index in [0.717, 1.165) is 33.8 Å². The quantitative estimate of drug-likeness (QED) is 0.572. The topological polar surface area (TPSA) is 39.4 Å². The van der Waals surface area contributed by atoms with Crippen molar-refractivity contribution in [3.05, 3.63) is 73.1 Å². The first kappa shape index (κ1) is 13.5. The van der Waals surface area contributed by atoms with Gasteiger partial charge in [-0.2, -0.15) is 5.10 Å². The van der Waals surface area contributed by atoms with Gasteiger partial charge in [0.2, 0.25) is 0 Å². The first-order valence-electron chi connectivity index (χ1n) is 7.39. The summed E-state index contributed by atoms with van der Waals surface area (Å²) in [6.45, 7) is 0. The Morgan fingerprint density at radius 2 is 1.74 bits per heavy atom. The molecule has 112 valence electrons. The predicted octanol–water partition coefficient (Wildman–Crippen LogP) is 4.07. The van der Waals surface area contributed by atoms with Crippen LogP contribution in [0.1, 0.15) is 0 Å². The molecule has 4 aromatic rings. The van der Waals surface area contributed by atoms with Gasteiger partial charge in [-0.15, -0.1) is 0 Å². The number of rotatable bonds is 3. The Morgan fingerprint density at radius 1 is 0.913 bits per heavy atom. The fraction of sp³-hybridized carbons (Fsp3) is 0.0526. The smallest absolute Gasteiger partial charge is 0.163 e. The summed E-state index contributed by atoms with van der Waals surface area (Å²) in [5.74, 6) is 0.822. The number of hydrogen-bond acceptors (Lipinski definition) is 3. The zero-order chi connectivity index (χ0) is 15.6. The normalized spacial score (nSPS) is 10.8. The van der Waals surface area contributed by atoms with Crippen molar-refractivity contribution in [1.29, 1.82) is 0 Å². The summed E-state index contributed by atoms with van der Waals surface area (Å²) < 4.78 is 7.19. The second-order valence-electron chi connectivity index (χ2n) is 5.22. The molecule has 4 nitrogen and oxygen atoms in total. The summed E-state index contributed by atoms with van der Waals surface area (Å²) in [6, 6.07) is 20.1. The predicted molar refractivity (Wildman–Crippen MR) is 90.4 cm³/mol. The van der Waals surface area contributed by atoms with Gasteiger partial charge in [0.05, 0.1) is 19.0 Å². The van der Waals surface area contributed by atoms with E-state index < -0.39 is 0 Å². The third-order valence-electron chi connectivity index (χ3n) is 3.85. The molecule has 0 fully saturated rings. The summed E-state index contributed by atoms with van der Waals surface area (Å²) in [5.41, 5.74) is 5.00. The molecule has 0 spiro atoms. The van der Waals surface area contributed by atoms with Gasteiger partial charge in [-0.25, -0.2) is 9.50 Å². The first-order valence-corrected chi connectivity index (χ1v) is 7.39. The van der Waals surface area contributed by atoms with Gasteiger partial charge >= 0.3 is 0 Å². The van der Waals surface area contributed by atoms with E-state index in [1.165, 1.54) is 0 Å². The summed E-state index contributed by atoms with van der Waals surface area (Å²) >= 11 is 0. The Hall–Kier alpha value is -3.14. The Labute approximate surface area is 134 Å². The van der Waals surface area contributed by atoms with Crippen LogP contribution in [0.3, 0.4) is 0 Å². The lowest BCUT2D eigenvalue weighted by Gasteiger charge is -2.07. The minimum atomic E-state index is 0.822. The van der Waals surface area contributed by atoms with Gasteiger partial charge in [0.15, 0.2) is 5.65 Å². The average Bonchev–Trinajstić information content (AvgIpc) is 3.06. The number of fused-ring (bicyclic) bond motifs is 1. The van der Waals surface area contributed by atoms with Crippen LogP contribution < -0.4 is 4.74 Å². The lowest BCUT2D eigenvalue weighted by Crippen LogP contribution is -1.96. The molecule has 2 heterocycles. The van der Waals surface area contributed by atoms with Crippen LogP contribution in [0.15, 0.2) is 73.1 Å². The Kier molecular flexibility index (Phi) is 3.27. The van der Waals surface area contributed by atoms with Gasteiger partial charge in [-0.1, -0.05) is 42.5 Å². The van der Waals surface area contributed by atoms with Crippen molar-refractivity contribution in [3.63, 3.8) is 0 Å². The van der Waals surface area contributed by atoms with E-state index in [9.17, 15) is 0 Å². The molecule has 4 rings (SSSR count). The van der Waals surface area contributed by atoms with Gasteiger partial charge in [-0.05, 0) is 23.8 Å². The summed E-state index contributed by atoms with van der Waals surface area (Å²) in [6.07, 6.45) is 3.68. The lowest BCUT2D eigenvalue weighted by atomic mass is 10.1. The highest BCUT2D eigenvalue weighted by molar-refractivity contribution is 5.78. The molecule has 0 atom stereocenters. The number of hydrogen-bond donors (Lipinski definition) is 0. The summed E-state index contributed by atoms with van der Waals surface area (Å²) in [5, 5.41) is 4.54. The molecule has 2 aromatic carbocycles. The van der Waals surface area contributed by atoms with Crippen LogP contribution in [0.25, 0.3) is 28.0 Å². The van der Waals surface area contributed by atoms with Crippen LogP contribution in [0.4, 0.5) is 0 Å². The maximum atomic E-state index is 5.32. The number of methoxy groups -OCH3 is 1. The lowest BCUT2D eigenvalue weighted by molar-refractivity contribution is 0.415. The van der Waals surface area contributed by atoms with E-state index in [2.05, 4.69) is 22.2 Å². The molecular formula is C19H15N3O. The summed E-state index contributed by atoms with van der Waals surface area (Å²) in [4.78, 5) is 4.52. The Morgan fingerprint density at radius 3 is 2.57 bits per heavy atom. The second kappa shape index (κ2) is 5.57. The number of ether oxygens (including phenoxy) is 1. The molecule has 0 bridgehead atoms. The van der Waals surface area contributed by atoms with Gasteiger partial charge in [-0.3, -0.25) is 0 Å². The molecule has 0 unspecified atom stereocenters. The van der Waals surface area contributed by atoms with Crippen molar-refractivity contribution in [2.75, 3.05) is 7.11 Å². The van der Waals surface area contributed by atoms with E-state index in [1.807, 2.05) is 65.4 Å². The molecule has 2 aromatic heterocycles. The van der Waals surface area contributed by atoms with Crippen molar-refractivity contribution in [2.45, 2.75) is 0 Å². The van der Waals surface area contributed by atoms with Crippen LogP contribution in [0, 0.1) is 0 Å². The largest absolute Gasteiger partial charge is 0.497 e. The molecule has 23 heavy (non-hydrogen) atoms. The van der Waals surface area contributed by atoms with Crippen molar-refractivity contribution >= 4 is 5.65 Å². The fourth-order valence-electron chi connectivity index (χ4n) is 2.71. The maximum Gasteiger partial charge on any atom is 0.163 e. The Balaban J connectivity index is 1.91. The molecule has 0 amide bonds. The molecule has 0 N–H and O–H groups in total. The van der Waals surface area contributed by atoms with Crippen LogP contribution >= 0.6 is 0 Å². The minimum Gasteiger partial charge on any atom is -0.497 e. The molecule has 0 aliphatic rings. The van der Waals surface area contributed by atoms with Crippen molar-refractivity contribution in [1.82, 2.24) is 14.6 Å². The molecule has 0 saturated carbocycles. The third kappa shape index (κ3) is 2.34. The van der Waals surface area contributed by atoms with Gasteiger partial charge in [0.25, 0.3) is 0 Å². The minimum absolute atomic E-state index is 0.822. The van der Waals surface area contributed by atoms with Crippen LogP contribution in [-0.2, 0) is 0 Å². The van der Waals surface area contributed by atoms with Gasteiger partial charge in [0.1, 0.15) is 5.75 Å². The number of benzene rings is 2. The summed E-state index contributed by atoms with van der Waals surface area (Å²) in [7, 11) is 1.67. The highest BCUT2D eigenvalue weighted by Gasteiger charge is 2.11. The standard InChI is InChI=1S/C19H15N3O/c1-23-16-9-5-8-15(12-16)18-10-11-20-19-17(13-21-22(18)19)14-6-3-2-4-7-14/h2-13H,1H3. The highest BCUT2D eigenvalue weighted by Crippen LogP contribution is 2.28. The van der Waals surface area contributed by atoms with E-state index in [0.29, 0.717) is 0 Å². The number of nitrogens with zero attached hydrogens (tertiary/aromatic N) is 3. The molecule has 0 aliphatic heterocycles. The second-order valence-corrected chi connectivity index (χ2v) is 5.22. The molecular weight excluding hydrogens is 286 g/mol. The third-order valence-corrected chi connectivity index (χ3v) is 3.85. The van der Waals surface area contributed by atoms with E-state index in [-0.39, 0.29) is 0 Å². The van der Waals surface area contributed by atoms with Crippen LogP contribution in [0.2, 0.25) is 0 Å². The molecule has 4 heteroatoms. The van der Waals surface area contributed by atoms with Crippen LogP contribution in [-0.4, -0.2) is 21.7 Å². The molecule has 0 saturated heterocycles. The van der Waals surface area contributed by atoms with Gasteiger partial charge < -0.3 is 4.74 Å². The zero-order valence-electron chi connectivity index (χ0n) is 12.7. The molecule has 0 aliphatic carbocycles.